The first-order valence-electron chi connectivity index (χ1n) is 7.51. The molecule has 11 nitrogen and oxygen atoms in total. The van der Waals surface area contributed by atoms with Gasteiger partial charge in [-0.3, -0.25) is 5.32 Å². The Morgan fingerprint density at radius 2 is 1.75 bits per heavy atom. The van der Waals surface area contributed by atoms with Crippen LogP contribution in [0, 0.1) is 3.57 Å². The van der Waals surface area contributed by atoms with Crippen LogP contribution in [0.1, 0.15) is 11.9 Å². The van der Waals surface area contributed by atoms with Gasteiger partial charge in [-0.1, -0.05) is 6.07 Å². The number of aromatic nitrogens is 2. The SMILES string of the molecule is COc1cc(OC)nc(NC(=O)NS(=O)(=O)c2cc(I)ccc2C(O)OC)n1. The third-order valence-electron chi connectivity index (χ3n) is 3.30. The lowest BCUT2D eigenvalue weighted by Crippen LogP contribution is -2.35. The van der Waals surface area contributed by atoms with Gasteiger partial charge in [-0.05, 0) is 34.7 Å². The van der Waals surface area contributed by atoms with Gasteiger partial charge in [-0.15, -0.1) is 0 Å². The van der Waals surface area contributed by atoms with E-state index in [9.17, 15) is 18.3 Å². The summed E-state index contributed by atoms with van der Waals surface area (Å²) in [6.07, 6.45) is -1.49. The summed E-state index contributed by atoms with van der Waals surface area (Å²) in [5, 5.41) is 12.1. The summed E-state index contributed by atoms with van der Waals surface area (Å²) in [6, 6.07) is 4.53. The number of carbonyl (C=O) groups is 1. The van der Waals surface area contributed by atoms with Crippen LogP contribution in [0.15, 0.2) is 29.2 Å². The van der Waals surface area contributed by atoms with Gasteiger partial charge < -0.3 is 19.3 Å². The number of hydrogen-bond acceptors (Lipinski definition) is 9. The normalized spacial score (nSPS) is 12.2. The number of carbonyl (C=O) groups excluding carboxylic acids is 1. The molecule has 1 aromatic carbocycles. The maximum absolute atomic E-state index is 12.6. The van der Waals surface area contributed by atoms with E-state index in [2.05, 4.69) is 15.3 Å². The first kappa shape index (κ1) is 22.1. The molecule has 13 heteroatoms. The molecule has 0 saturated heterocycles. The minimum Gasteiger partial charge on any atom is -0.481 e. The van der Waals surface area contributed by atoms with Crippen LogP contribution in [0.5, 0.6) is 11.8 Å². The fourth-order valence-corrected chi connectivity index (χ4v) is 3.91. The summed E-state index contributed by atoms with van der Waals surface area (Å²) in [5.41, 5.74) is -0.0254. The molecule has 1 unspecified atom stereocenters. The maximum atomic E-state index is 12.6. The smallest absolute Gasteiger partial charge is 0.335 e. The van der Waals surface area contributed by atoms with Gasteiger partial charge >= 0.3 is 6.03 Å². The Morgan fingerprint density at radius 3 is 2.29 bits per heavy atom. The third-order valence-corrected chi connectivity index (χ3v) is 5.36. The molecule has 28 heavy (non-hydrogen) atoms. The van der Waals surface area contributed by atoms with E-state index in [1.165, 1.54) is 39.5 Å². The number of benzene rings is 1. The Bertz CT molecular complexity index is 949. The van der Waals surface area contributed by atoms with Crippen LogP contribution in [0.2, 0.25) is 0 Å². The summed E-state index contributed by atoms with van der Waals surface area (Å²) in [7, 11) is -0.415. The zero-order chi connectivity index (χ0) is 20.9. The summed E-state index contributed by atoms with van der Waals surface area (Å²) in [5.74, 6) is -0.0232. The molecule has 0 bridgehead atoms. The Hall–Kier alpha value is -2.23. The molecule has 2 aromatic rings. The highest BCUT2D eigenvalue weighted by Gasteiger charge is 2.25. The zero-order valence-corrected chi connectivity index (χ0v) is 17.9. The van der Waals surface area contributed by atoms with Crippen molar-refractivity contribution in [3.63, 3.8) is 0 Å². The van der Waals surface area contributed by atoms with E-state index in [-0.39, 0.29) is 28.2 Å². The van der Waals surface area contributed by atoms with Crippen LogP contribution >= 0.6 is 22.6 Å². The van der Waals surface area contributed by atoms with Crippen molar-refractivity contribution in [2.45, 2.75) is 11.2 Å². The van der Waals surface area contributed by atoms with Crippen molar-refractivity contribution in [2.24, 2.45) is 0 Å². The quantitative estimate of drug-likeness (QED) is 0.359. The minimum atomic E-state index is -4.34. The molecule has 0 spiro atoms. The van der Waals surface area contributed by atoms with E-state index in [1.54, 1.807) is 6.07 Å². The fourth-order valence-electron chi connectivity index (χ4n) is 2.04. The number of methoxy groups -OCH3 is 3. The van der Waals surface area contributed by atoms with Gasteiger partial charge in [0.15, 0.2) is 6.29 Å². The molecule has 0 aliphatic carbocycles. The van der Waals surface area contributed by atoms with Crippen molar-refractivity contribution < 1.29 is 32.5 Å². The van der Waals surface area contributed by atoms with Crippen molar-refractivity contribution in [2.75, 3.05) is 26.6 Å². The monoisotopic (exact) mass is 524 g/mol. The number of amides is 2. The molecule has 3 N–H and O–H groups in total. The van der Waals surface area contributed by atoms with Crippen molar-refractivity contribution >= 4 is 44.6 Å². The number of rotatable bonds is 7. The molecular formula is C15H17IN4O7S. The summed E-state index contributed by atoms with van der Waals surface area (Å²) in [4.78, 5) is 19.6. The first-order chi connectivity index (χ1) is 13.2. The van der Waals surface area contributed by atoms with Crippen molar-refractivity contribution in [1.82, 2.24) is 14.7 Å². The Labute approximate surface area is 174 Å². The number of nitrogens with one attached hydrogen (secondary N) is 2. The van der Waals surface area contributed by atoms with Crippen LogP contribution in [0.4, 0.5) is 10.7 Å². The van der Waals surface area contributed by atoms with Crippen LogP contribution < -0.4 is 19.5 Å². The number of nitrogens with zero attached hydrogens (tertiary/aromatic N) is 2. The summed E-state index contributed by atoms with van der Waals surface area (Å²) in [6.45, 7) is 0. The number of urea groups is 1. The van der Waals surface area contributed by atoms with Crippen LogP contribution in [-0.4, -0.2) is 50.9 Å². The lowest BCUT2D eigenvalue weighted by atomic mass is 10.2. The Kier molecular flexibility index (Phi) is 7.34. The molecule has 0 saturated carbocycles. The first-order valence-corrected chi connectivity index (χ1v) is 10.1. The lowest BCUT2D eigenvalue weighted by Gasteiger charge is -2.15. The summed E-state index contributed by atoms with van der Waals surface area (Å²) >= 11 is 1.90. The van der Waals surface area contributed by atoms with E-state index < -0.39 is 22.3 Å². The average molecular weight is 524 g/mol. The van der Waals surface area contributed by atoms with E-state index in [0.717, 1.165) is 0 Å². The second-order valence-corrected chi connectivity index (χ2v) is 8.00. The predicted octanol–water partition coefficient (Wildman–Crippen LogP) is 1.25. The van der Waals surface area contributed by atoms with E-state index in [0.29, 0.717) is 3.57 Å². The molecule has 2 amide bonds. The molecule has 1 aromatic heterocycles. The largest absolute Gasteiger partial charge is 0.481 e. The molecule has 0 radical (unpaired) electrons. The maximum Gasteiger partial charge on any atom is 0.335 e. The number of hydrogen-bond donors (Lipinski definition) is 3. The average Bonchev–Trinajstić information content (AvgIpc) is 2.66. The Morgan fingerprint density at radius 1 is 1.14 bits per heavy atom. The molecule has 152 valence electrons. The predicted molar refractivity (Wildman–Crippen MR) is 106 cm³/mol. The topological polar surface area (TPSA) is 149 Å². The number of aliphatic hydroxyl groups is 1. The number of halogens is 1. The van der Waals surface area contributed by atoms with E-state index in [4.69, 9.17) is 14.2 Å². The molecular weight excluding hydrogens is 507 g/mol. The number of aliphatic hydroxyl groups excluding tert-OH is 1. The molecule has 2 rings (SSSR count). The fraction of sp³-hybridized carbons (Fsp3) is 0.267. The van der Waals surface area contributed by atoms with Gasteiger partial charge in [-0.25, -0.2) is 17.9 Å². The van der Waals surface area contributed by atoms with Crippen molar-refractivity contribution in [3.8, 4) is 11.8 Å². The third kappa shape index (κ3) is 5.40. The second-order valence-electron chi connectivity index (χ2n) is 5.11. The van der Waals surface area contributed by atoms with Crippen LogP contribution in [0.3, 0.4) is 0 Å². The number of ether oxygens (including phenoxy) is 3. The van der Waals surface area contributed by atoms with Gasteiger partial charge in [0.05, 0.1) is 25.2 Å². The van der Waals surface area contributed by atoms with Crippen LogP contribution in [0.25, 0.3) is 0 Å². The highest BCUT2D eigenvalue weighted by Crippen LogP contribution is 2.25. The molecule has 0 aliphatic rings. The van der Waals surface area contributed by atoms with Gasteiger partial charge in [0.25, 0.3) is 10.0 Å². The highest BCUT2D eigenvalue weighted by molar-refractivity contribution is 14.1. The minimum absolute atomic E-state index is 0.0254. The molecule has 0 fully saturated rings. The number of anilines is 1. The number of sulfonamides is 1. The molecule has 0 aliphatic heterocycles. The lowest BCUT2D eigenvalue weighted by molar-refractivity contribution is -0.0788. The zero-order valence-electron chi connectivity index (χ0n) is 15.0. The van der Waals surface area contributed by atoms with Gasteiger partial charge in [0, 0.05) is 16.2 Å². The van der Waals surface area contributed by atoms with Crippen molar-refractivity contribution in [1.29, 1.82) is 0 Å². The van der Waals surface area contributed by atoms with Crippen molar-refractivity contribution in [3.05, 3.63) is 33.4 Å². The van der Waals surface area contributed by atoms with Crippen LogP contribution in [-0.2, 0) is 14.8 Å². The summed E-state index contributed by atoms with van der Waals surface area (Å²) < 4.78 is 42.4. The Balaban J connectivity index is 2.28. The second kappa shape index (κ2) is 9.31. The van der Waals surface area contributed by atoms with E-state index in [1.807, 2.05) is 27.3 Å². The van der Waals surface area contributed by atoms with Gasteiger partial charge in [-0.2, -0.15) is 9.97 Å². The highest BCUT2D eigenvalue weighted by atomic mass is 127. The standard InChI is InChI=1S/C15H17IN4O7S/c1-25-11-7-12(26-2)18-14(17-11)19-15(22)20-28(23,24)10-6-8(16)4-5-9(10)13(21)27-3/h4-7,13,21H,1-3H3,(H2,17,18,19,20,22). The molecule has 1 atom stereocenters. The van der Waals surface area contributed by atoms with E-state index >= 15 is 0 Å². The van der Waals surface area contributed by atoms with Gasteiger partial charge in [0.2, 0.25) is 17.7 Å². The van der Waals surface area contributed by atoms with Gasteiger partial charge in [0.1, 0.15) is 0 Å². The molecule has 1 heterocycles.